The lowest BCUT2D eigenvalue weighted by Crippen LogP contribution is -2.63. The molecule has 1 atom stereocenters. The van der Waals surface area contributed by atoms with E-state index < -0.39 is 0 Å². The molecule has 2 nitrogen and oxygen atoms in total. The molecule has 0 amide bonds. The average molecular weight is 256 g/mol. The lowest BCUT2D eigenvalue weighted by atomic mass is 9.89. The van der Waals surface area contributed by atoms with Gasteiger partial charge in [-0.05, 0) is 31.6 Å². The standard InChI is InChI=1S/C15H29FN2/c1-13(2)10-14-11-18(9-5-8-16)15(12-17-14)6-3-4-7-15/h13-14,17H,3-12H2,1-2H3. The van der Waals surface area contributed by atoms with E-state index in [1.54, 1.807) is 0 Å². The first kappa shape index (κ1) is 14.3. The zero-order valence-corrected chi connectivity index (χ0v) is 12.1. The maximum atomic E-state index is 12.5. The van der Waals surface area contributed by atoms with Gasteiger partial charge in [0.15, 0.2) is 0 Å². The molecule has 1 aliphatic heterocycles. The summed E-state index contributed by atoms with van der Waals surface area (Å²) in [5.41, 5.74) is 0.364. The Balaban J connectivity index is 1.96. The fourth-order valence-corrected chi connectivity index (χ4v) is 3.80. The van der Waals surface area contributed by atoms with Crippen LogP contribution in [0.5, 0.6) is 0 Å². The number of piperazine rings is 1. The summed E-state index contributed by atoms with van der Waals surface area (Å²) in [6.45, 7) is 7.59. The molecule has 18 heavy (non-hydrogen) atoms. The Morgan fingerprint density at radius 1 is 1.33 bits per heavy atom. The van der Waals surface area contributed by atoms with Crippen LogP contribution >= 0.6 is 0 Å². The minimum atomic E-state index is -0.172. The summed E-state index contributed by atoms with van der Waals surface area (Å²) in [6, 6.07) is 0.607. The summed E-state index contributed by atoms with van der Waals surface area (Å²) in [7, 11) is 0. The van der Waals surface area contributed by atoms with Crippen LogP contribution in [0.2, 0.25) is 0 Å². The molecule has 1 aliphatic carbocycles. The van der Waals surface area contributed by atoms with Gasteiger partial charge in [-0.1, -0.05) is 26.7 Å². The number of halogens is 1. The van der Waals surface area contributed by atoms with Crippen LogP contribution in [0, 0.1) is 5.92 Å². The van der Waals surface area contributed by atoms with E-state index in [4.69, 9.17) is 0 Å². The summed E-state index contributed by atoms with van der Waals surface area (Å²) >= 11 is 0. The summed E-state index contributed by atoms with van der Waals surface area (Å²) in [4.78, 5) is 2.61. The summed E-state index contributed by atoms with van der Waals surface area (Å²) < 4.78 is 12.5. The van der Waals surface area contributed by atoms with Gasteiger partial charge < -0.3 is 5.32 Å². The molecule has 1 saturated carbocycles. The lowest BCUT2D eigenvalue weighted by Gasteiger charge is -2.48. The van der Waals surface area contributed by atoms with Gasteiger partial charge in [-0.3, -0.25) is 9.29 Å². The summed E-state index contributed by atoms with van der Waals surface area (Å²) in [5.74, 6) is 0.739. The highest BCUT2D eigenvalue weighted by atomic mass is 19.1. The molecule has 3 heteroatoms. The van der Waals surface area contributed by atoms with E-state index >= 15 is 0 Å². The molecule has 1 saturated heterocycles. The van der Waals surface area contributed by atoms with Crippen molar-refractivity contribution in [3.63, 3.8) is 0 Å². The largest absolute Gasteiger partial charge is 0.311 e. The normalized spacial score (nSPS) is 28.3. The van der Waals surface area contributed by atoms with Gasteiger partial charge in [0.05, 0.1) is 6.67 Å². The van der Waals surface area contributed by atoms with E-state index in [2.05, 4.69) is 24.1 Å². The predicted octanol–water partition coefficient (Wildman–Crippen LogP) is 2.98. The Bertz CT molecular complexity index is 249. The van der Waals surface area contributed by atoms with Gasteiger partial charge >= 0.3 is 0 Å². The van der Waals surface area contributed by atoms with E-state index in [0.717, 1.165) is 25.6 Å². The Labute approximate surface area is 111 Å². The van der Waals surface area contributed by atoms with E-state index in [9.17, 15) is 4.39 Å². The molecule has 0 aromatic heterocycles. The SMILES string of the molecule is CC(C)CC1CN(CCCF)C2(CCCC2)CN1. The van der Waals surface area contributed by atoms with Gasteiger partial charge in [-0.2, -0.15) is 0 Å². The molecule has 1 unspecified atom stereocenters. The molecule has 0 radical (unpaired) electrons. The zero-order chi connectivity index (χ0) is 13.0. The maximum absolute atomic E-state index is 12.5. The van der Waals surface area contributed by atoms with E-state index in [0.29, 0.717) is 18.0 Å². The second-order valence-electron chi connectivity index (χ2n) is 6.63. The van der Waals surface area contributed by atoms with Crippen molar-refractivity contribution < 1.29 is 4.39 Å². The van der Waals surface area contributed by atoms with Gasteiger partial charge in [-0.25, -0.2) is 0 Å². The van der Waals surface area contributed by atoms with Gasteiger partial charge in [0, 0.05) is 31.2 Å². The predicted molar refractivity (Wildman–Crippen MR) is 74.6 cm³/mol. The van der Waals surface area contributed by atoms with Crippen molar-refractivity contribution in [1.29, 1.82) is 0 Å². The van der Waals surface area contributed by atoms with Gasteiger partial charge in [0.25, 0.3) is 0 Å². The Morgan fingerprint density at radius 2 is 2.06 bits per heavy atom. The number of hydrogen-bond acceptors (Lipinski definition) is 2. The minimum absolute atomic E-state index is 0.172. The van der Waals surface area contributed by atoms with E-state index in [-0.39, 0.29) is 6.67 Å². The summed E-state index contributed by atoms with van der Waals surface area (Å²) in [6.07, 6.45) is 7.25. The highest BCUT2D eigenvalue weighted by Crippen LogP contribution is 2.37. The van der Waals surface area contributed by atoms with Crippen molar-refractivity contribution in [2.24, 2.45) is 5.92 Å². The second-order valence-corrected chi connectivity index (χ2v) is 6.63. The minimum Gasteiger partial charge on any atom is -0.311 e. The number of nitrogens with zero attached hydrogens (tertiary/aromatic N) is 1. The molecule has 2 fully saturated rings. The molecule has 1 heterocycles. The Morgan fingerprint density at radius 3 is 2.67 bits per heavy atom. The smallest absolute Gasteiger partial charge is 0.0906 e. The first-order valence-electron chi connectivity index (χ1n) is 7.71. The fraction of sp³-hybridized carbons (Fsp3) is 1.00. The average Bonchev–Trinajstić information content (AvgIpc) is 2.79. The van der Waals surface area contributed by atoms with Crippen LogP contribution < -0.4 is 5.32 Å². The van der Waals surface area contributed by atoms with Crippen LogP contribution in [0.1, 0.15) is 52.4 Å². The topological polar surface area (TPSA) is 15.3 Å². The summed E-state index contributed by atoms with van der Waals surface area (Å²) in [5, 5.41) is 3.75. The molecule has 2 rings (SSSR count). The van der Waals surface area contributed by atoms with Crippen LogP contribution in [0.15, 0.2) is 0 Å². The lowest BCUT2D eigenvalue weighted by molar-refractivity contribution is 0.0362. The van der Waals surface area contributed by atoms with E-state index in [1.165, 1.54) is 32.1 Å². The monoisotopic (exact) mass is 256 g/mol. The van der Waals surface area contributed by atoms with Gasteiger partial charge in [-0.15, -0.1) is 0 Å². The first-order chi connectivity index (χ1) is 8.66. The van der Waals surface area contributed by atoms with Crippen LogP contribution in [-0.2, 0) is 0 Å². The van der Waals surface area contributed by atoms with Crippen molar-refractivity contribution in [1.82, 2.24) is 10.2 Å². The number of nitrogens with one attached hydrogen (secondary N) is 1. The third kappa shape index (κ3) is 3.24. The van der Waals surface area contributed by atoms with Crippen LogP contribution in [0.4, 0.5) is 4.39 Å². The van der Waals surface area contributed by atoms with Crippen molar-refractivity contribution in [2.75, 3.05) is 26.3 Å². The molecule has 1 N–H and O–H groups in total. The highest BCUT2D eigenvalue weighted by Gasteiger charge is 2.42. The van der Waals surface area contributed by atoms with Gasteiger partial charge in [0.1, 0.15) is 0 Å². The van der Waals surface area contributed by atoms with Crippen molar-refractivity contribution in [2.45, 2.75) is 64.0 Å². The molecule has 0 aromatic rings. The molecular formula is C15H29FN2. The zero-order valence-electron chi connectivity index (χ0n) is 12.1. The quantitative estimate of drug-likeness (QED) is 0.813. The number of alkyl halides is 1. The van der Waals surface area contributed by atoms with Crippen LogP contribution in [-0.4, -0.2) is 42.8 Å². The first-order valence-corrected chi connectivity index (χ1v) is 7.71. The number of hydrogen-bond donors (Lipinski definition) is 1. The highest BCUT2D eigenvalue weighted by molar-refractivity contribution is 5.01. The third-order valence-corrected chi connectivity index (χ3v) is 4.68. The van der Waals surface area contributed by atoms with Crippen LogP contribution in [0.3, 0.4) is 0 Å². The fourth-order valence-electron chi connectivity index (χ4n) is 3.80. The van der Waals surface area contributed by atoms with Crippen molar-refractivity contribution in [3.05, 3.63) is 0 Å². The molecule has 0 aromatic carbocycles. The third-order valence-electron chi connectivity index (χ3n) is 4.68. The molecule has 1 spiro atoms. The van der Waals surface area contributed by atoms with Crippen LogP contribution in [0.25, 0.3) is 0 Å². The van der Waals surface area contributed by atoms with Gasteiger partial charge in [0.2, 0.25) is 0 Å². The Kier molecular flexibility index (Phi) is 5.02. The Hall–Kier alpha value is -0.150. The van der Waals surface area contributed by atoms with E-state index in [1.807, 2.05) is 0 Å². The number of rotatable bonds is 5. The van der Waals surface area contributed by atoms with Crippen molar-refractivity contribution in [3.8, 4) is 0 Å². The molecule has 2 aliphatic rings. The van der Waals surface area contributed by atoms with Crippen molar-refractivity contribution >= 4 is 0 Å². The maximum Gasteiger partial charge on any atom is 0.0906 e. The molecule has 0 bridgehead atoms. The second kappa shape index (κ2) is 6.33. The molecular weight excluding hydrogens is 227 g/mol. The molecule has 106 valence electrons.